The number of hydrogen-bond acceptors (Lipinski definition) is 3. The third kappa shape index (κ3) is 2.51. The summed E-state index contributed by atoms with van der Waals surface area (Å²) in [6.45, 7) is 1.77. The molecule has 0 bridgehead atoms. The van der Waals surface area contributed by atoms with E-state index in [2.05, 4.69) is 6.92 Å². The number of aliphatic carboxylic acids is 1. The van der Waals surface area contributed by atoms with E-state index < -0.39 is 5.97 Å². The van der Waals surface area contributed by atoms with Crippen molar-refractivity contribution in [2.45, 2.75) is 19.9 Å². The number of benzene rings is 1. The number of carboxylic acids is 1. The minimum absolute atomic E-state index is 0.244. The zero-order chi connectivity index (χ0) is 13.1. The van der Waals surface area contributed by atoms with E-state index >= 15 is 0 Å². The van der Waals surface area contributed by atoms with Crippen molar-refractivity contribution in [3.05, 3.63) is 44.9 Å². The summed E-state index contributed by atoms with van der Waals surface area (Å²) in [6, 6.07) is 7.81. The molecular weight excluding hydrogens is 250 g/mol. The maximum atomic E-state index is 11.6. The molecule has 0 spiro atoms. The van der Waals surface area contributed by atoms with Crippen molar-refractivity contribution in [1.82, 2.24) is 4.57 Å². The summed E-state index contributed by atoms with van der Waals surface area (Å²) in [4.78, 5) is 22.1. The highest BCUT2D eigenvalue weighted by Crippen LogP contribution is 2.20. The first kappa shape index (κ1) is 12.6. The van der Waals surface area contributed by atoms with E-state index in [9.17, 15) is 9.59 Å². The lowest BCUT2D eigenvalue weighted by molar-refractivity contribution is -0.137. The molecule has 2 rings (SSSR count). The minimum atomic E-state index is -1.01. The summed E-state index contributed by atoms with van der Waals surface area (Å²) in [5, 5.41) is 10.5. The van der Waals surface area contributed by atoms with E-state index in [1.54, 1.807) is 5.38 Å². The number of carboxylic acid groups (broad SMARTS) is 1. The van der Waals surface area contributed by atoms with Crippen LogP contribution in [0, 0.1) is 0 Å². The zero-order valence-electron chi connectivity index (χ0n) is 9.92. The van der Waals surface area contributed by atoms with Crippen molar-refractivity contribution in [3.8, 4) is 11.3 Å². The Morgan fingerprint density at radius 1 is 1.33 bits per heavy atom. The second-order valence-corrected chi connectivity index (χ2v) is 4.74. The van der Waals surface area contributed by atoms with Crippen LogP contribution in [0.25, 0.3) is 11.3 Å². The van der Waals surface area contributed by atoms with Gasteiger partial charge in [0.2, 0.25) is 0 Å². The van der Waals surface area contributed by atoms with Crippen molar-refractivity contribution in [2.75, 3.05) is 0 Å². The molecule has 0 aliphatic heterocycles. The summed E-state index contributed by atoms with van der Waals surface area (Å²) in [5.41, 5.74) is 2.74. The molecule has 1 aromatic carbocycles. The van der Waals surface area contributed by atoms with Gasteiger partial charge in [-0.25, -0.2) is 0 Å². The standard InChI is InChI=1S/C13H13NO3S/c1-2-9-3-5-10(6-4-9)11-8-18-13(17)14(11)7-12(15)16/h3-6,8H,2,7H2,1H3,(H,15,16). The van der Waals surface area contributed by atoms with E-state index in [0.717, 1.165) is 23.3 Å². The maximum Gasteiger partial charge on any atom is 0.323 e. The van der Waals surface area contributed by atoms with Gasteiger partial charge in [0.05, 0.1) is 5.69 Å². The predicted octanol–water partition coefficient (Wildman–Crippen LogP) is 2.22. The van der Waals surface area contributed by atoms with Crippen LogP contribution in [0.2, 0.25) is 0 Å². The van der Waals surface area contributed by atoms with E-state index in [1.165, 1.54) is 10.1 Å². The third-order valence-corrected chi connectivity index (χ3v) is 3.50. The van der Waals surface area contributed by atoms with Gasteiger partial charge in [-0.3, -0.25) is 14.2 Å². The Labute approximate surface area is 108 Å². The summed E-state index contributed by atoms with van der Waals surface area (Å²) < 4.78 is 1.29. The average molecular weight is 263 g/mol. The lowest BCUT2D eigenvalue weighted by Crippen LogP contribution is -2.19. The summed E-state index contributed by atoms with van der Waals surface area (Å²) >= 11 is 1.02. The molecule has 5 heteroatoms. The molecule has 2 aromatic rings. The van der Waals surface area contributed by atoms with Gasteiger partial charge in [0.1, 0.15) is 6.54 Å². The number of thiazole rings is 1. The van der Waals surface area contributed by atoms with Crippen LogP contribution in [-0.2, 0) is 17.8 Å². The van der Waals surface area contributed by atoms with Crippen molar-refractivity contribution in [1.29, 1.82) is 0 Å². The fraction of sp³-hybridized carbons (Fsp3) is 0.231. The molecule has 1 aromatic heterocycles. The SMILES string of the molecule is CCc1ccc(-c2csc(=O)n2CC(=O)O)cc1. The molecule has 94 valence electrons. The minimum Gasteiger partial charge on any atom is -0.480 e. The van der Waals surface area contributed by atoms with Gasteiger partial charge in [0.15, 0.2) is 0 Å². The van der Waals surface area contributed by atoms with Crippen LogP contribution in [0.5, 0.6) is 0 Å². The molecule has 0 fully saturated rings. The normalized spacial score (nSPS) is 10.5. The Hall–Kier alpha value is -1.88. The Morgan fingerprint density at radius 2 is 2.00 bits per heavy atom. The van der Waals surface area contributed by atoms with Crippen molar-refractivity contribution in [2.24, 2.45) is 0 Å². The van der Waals surface area contributed by atoms with Crippen LogP contribution in [0.4, 0.5) is 0 Å². The third-order valence-electron chi connectivity index (χ3n) is 2.73. The zero-order valence-corrected chi connectivity index (χ0v) is 10.7. The lowest BCUT2D eigenvalue weighted by atomic mass is 10.1. The van der Waals surface area contributed by atoms with Crippen LogP contribution in [0.1, 0.15) is 12.5 Å². The van der Waals surface area contributed by atoms with Gasteiger partial charge in [-0.1, -0.05) is 42.5 Å². The first-order valence-corrected chi connectivity index (χ1v) is 6.49. The lowest BCUT2D eigenvalue weighted by Gasteiger charge is -2.05. The van der Waals surface area contributed by atoms with Gasteiger partial charge >= 0.3 is 10.8 Å². The van der Waals surface area contributed by atoms with Crippen molar-refractivity contribution >= 4 is 17.3 Å². The molecule has 0 aliphatic rings. The molecule has 4 nitrogen and oxygen atoms in total. The van der Waals surface area contributed by atoms with Gasteiger partial charge in [-0.15, -0.1) is 0 Å². The summed E-state index contributed by atoms with van der Waals surface area (Å²) in [6.07, 6.45) is 0.950. The van der Waals surface area contributed by atoms with Crippen LogP contribution in [0.15, 0.2) is 34.4 Å². The van der Waals surface area contributed by atoms with E-state index in [1.807, 2.05) is 24.3 Å². The fourth-order valence-electron chi connectivity index (χ4n) is 1.75. The number of rotatable bonds is 4. The van der Waals surface area contributed by atoms with Crippen LogP contribution in [0.3, 0.4) is 0 Å². The van der Waals surface area contributed by atoms with Gasteiger partial charge in [0, 0.05) is 5.38 Å². The second kappa shape index (κ2) is 5.18. The summed E-state index contributed by atoms with van der Waals surface area (Å²) in [5.74, 6) is -1.01. The topological polar surface area (TPSA) is 59.3 Å². The highest BCUT2D eigenvalue weighted by Gasteiger charge is 2.11. The molecule has 18 heavy (non-hydrogen) atoms. The highest BCUT2D eigenvalue weighted by molar-refractivity contribution is 7.07. The van der Waals surface area contributed by atoms with Gasteiger partial charge in [0.25, 0.3) is 0 Å². The Morgan fingerprint density at radius 3 is 2.56 bits per heavy atom. The number of nitrogens with zero attached hydrogens (tertiary/aromatic N) is 1. The molecule has 1 N–H and O–H groups in total. The molecule has 0 atom stereocenters. The van der Waals surface area contributed by atoms with Gasteiger partial charge < -0.3 is 5.11 Å². The van der Waals surface area contributed by atoms with E-state index in [0.29, 0.717) is 5.69 Å². The van der Waals surface area contributed by atoms with Crippen LogP contribution >= 0.6 is 11.3 Å². The molecule has 0 aliphatic carbocycles. The largest absolute Gasteiger partial charge is 0.480 e. The number of aryl methyl sites for hydroxylation is 1. The van der Waals surface area contributed by atoms with Crippen LogP contribution in [-0.4, -0.2) is 15.6 Å². The van der Waals surface area contributed by atoms with Gasteiger partial charge in [-0.05, 0) is 17.5 Å². The van der Waals surface area contributed by atoms with Crippen molar-refractivity contribution < 1.29 is 9.90 Å². The number of hydrogen-bond donors (Lipinski definition) is 1. The first-order valence-electron chi connectivity index (χ1n) is 5.61. The molecular formula is C13H13NO3S. The smallest absolute Gasteiger partial charge is 0.323 e. The molecule has 0 unspecified atom stereocenters. The Kier molecular flexibility index (Phi) is 3.62. The quantitative estimate of drug-likeness (QED) is 0.920. The predicted molar refractivity (Wildman–Crippen MR) is 71.0 cm³/mol. The average Bonchev–Trinajstić information content (AvgIpc) is 2.71. The molecule has 0 radical (unpaired) electrons. The number of carbonyl (C=O) groups is 1. The molecule has 0 amide bonds. The monoisotopic (exact) mass is 263 g/mol. The van der Waals surface area contributed by atoms with Gasteiger partial charge in [-0.2, -0.15) is 0 Å². The molecule has 1 heterocycles. The highest BCUT2D eigenvalue weighted by atomic mass is 32.1. The van der Waals surface area contributed by atoms with Crippen LogP contribution < -0.4 is 4.87 Å². The Bertz CT molecular complexity index is 610. The molecule has 0 saturated carbocycles. The molecule has 0 saturated heterocycles. The summed E-state index contributed by atoms with van der Waals surface area (Å²) in [7, 11) is 0. The Balaban J connectivity index is 2.43. The van der Waals surface area contributed by atoms with E-state index in [4.69, 9.17) is 5.11 Å². The second-order valence-electron chi connectivity index (χ2n) is 3.92. The van der Waals surface area contributed by atoms with Crippen molar-refractivity contribution in [3.63, 3.8) is 0 Å². The fourth-order valence-corrected chi connectivity index (χ4v) is 2.52. The first-order chi connectivity index (χ1) is 8.61. The maximum absolute atomic E-state index is 11.6. The number of aromatic nitrogens is 1. The van der Waals surface area contributed by atoms with E-state index in [-0.39, 0.29) is 11.4 Å².